The van der Waals surface area contributed by atoms with Crippen LogP contribution in [0, 0.1) is 12.7 Å². The predicted molar refractivity (Wildman–Crippen MR) is 83.0 cm³/mol. The normalized spacial score (nSPS) is 19.7. The van der Waals surface area contributed by atoms with E-state index in [9.17, 15) is 19.1 Å². The summed E-state index contributed by atoms with van der Waals surface area (Å²) in [7, 11) is 0. The number of hydrogen-bond donors (Lipinski definition) is 2. The van der Waals surface area contributed by atoms with Gasteiger partial charge in [0, 0.05) is 11.1 Å². The molecular formula is C18H14FNO3. The fraction of sp³-hybridized carbons (Fsp3) is 0.111. The van der Waals surface area contributed by atoms with Gasteiger partial charge in [0.1, 0.15) is 11.6 Å². The summed E-state index contributed by atoms with van der Waals surface area (Å²) in [5.74, 6) is -2.58. The third kappa shape index (κ3) is 2.61. The van der Waals surface area contributed by atoms with Gasteiger partial charge in [-0.1, -0.05) is 48.0 Å². The average Bonchev–Trinajstić information content (AvgIpc) is 2.83. The molecule has 1 fully saturated rings. The van der Waals surface area contributed by atoms with Crippen LogP contribution < -0.4 is 5.32 Å². The Labute approximate surface area is 132 Å². The maximum Gasteiger partial charge on any atom is 0.293 e. The molecule has 1 saturated heterocycles. The van der Waals surface area contributed by atoms with Gasteiger partial charge in [0.25, 0.3) is 11.7 Å². The summed E-state index contributed by atoms with van der Waals surface area (Å²) in [5, 5.41) is 12.9. The van der Waals surface area contributed by atoms with Crippen LogP contribution in [0.3, 0.4) is 0 Å². The van der Waals surface area contributed by atoms with Crippen molar-refractivity contribution in [2.24, 2.45) is 0 Å². The number of nitrogens with one attached hydrogen (secondary N) is 1. The number of ketones is 1. The van der Waals surface area contributed by atoms with E-state index in [-0.39, 0.29) is 16.9 Å². The Morgan fingerprint density at radius 2 is 1.74 bits per heavy atom. The highest BCUT2D eigenvalue weighted by molar-refractivity contribution is 6.46. The highest BCUT2D eigenvalue weighted by Gasteiger charge is 2.40. The maximum absolute atomic E-state index is 14.0. The number of halogens is 1. The number of carbonyl (C=O) groups is 2. The number of carbonyl (C=O) groups excluding carboxylic acids is 2. The largest absolute Gasteiger partial charge is 0.507 e. The Kier molecular flexibility index (Phi) is 3.70. The van der Waals surface area contributed by atoms with Crippen LogP contribution in [0.15, 0.2) is 54.1 Å². The minimum absolute atomic E-state index is 0.135. The molecule has 0 spiro atoms. The van der Waals surface area contributed by atoms with E-state index in [1.54, 1.807) is 30.3 Å². The molecule has 1 heterocycles. The molecule has 2 aromatic rings. The van der Waals surface area contributed by atoms with Gasteiger partial charge in [-0.05, 0) is 13.0 Å². The number of benzene rings is 2. The van der Waals surface area contributed by atoms with Crippen molar-refractivity contribution >= 4 is 17.4 Å². The molecule has 5 heteroatoms. The number of Topliss-reactive ketones (excluding diaryl/α,β-unsaturated/α-hetero) is 1. The Morgan fingerprint density at radius 3 is 2.39 bits per heavy atom. The Bertz CT molecular complexity index is 824. The first-order valence-corrected chi connectivity index (χ1v) is 7.09. The van der Waals surface area contributed by atoms with Crippen molar-refractivity contribution in [1.82, 2.24) is 5.32 Å². The summed E-state index contributed by atoms with van der Waals surface area (Å²) in [5.41, 5.74) is 1.39. The molecule has 2 aromatic carbocycles. The van der Waals surface area contributed by atoms with E-state index in [0.29, 0.717) is 5.56 Å². The van der Waals surface area contributed by atoms with Crippen molar-refractivity contribution < 1.29 is 19.1 Å². The van der Waals surface area contributed by atoms with Crippen LogP contribution in [-0.2, 0) is 9.59 Å². The zero-order valence-electron chi connectivity index (χ0n) is 12.3. The molecule has 2 N–H and O–H groups in total. The molecule has 1 aliphatic rings. The van der Waals surface area contributed by atoms with Gasteiger partial charge in [0.05, 0.1) is 11.6 Å². The van der Waals surface area contributed by atoms with Crippen molar-refractivity contribution in [2.75, 3.05) is 0 Å². The first-order valence-electron chi connectivity index (χ1n) is 7.09. The molecular weight excluding hydrogens is 297 g/mol. The van der Waals surface area contributed by atoms with Crippen molar-refractivity contribution in [3.05, 3.63) is 76.6 Å². The monoisotopic (exact) mass is 311 g/mol. The van der Waals surface area contributed by atoms with E-state index < -0.39 is 23.5 Å². The second-order valence-electron chi connectivity index (χ2n) is 5.39. The molecule has 4 nitrogen and oxygen atoms in total. The van der Waals surface area contributed by atoms with Crippen molar-refractivity contribution in [1.29, 1.82) is 0 Å². The molecule has 116 valence electrons. The van der Waals surface area contributed by atoms with Crippen LogP contribution >= 0.6 is 0 Å². The van der Waals surface area contributed by atoms with E-state index in [4.69, 9.17) is 0 Å². The molecule has 0 radical (unpaired) electrons. The molecule has 0 aromatic heterocycles. The highest BCUT2D eigenvalue weighted by Crippen LogP contribution is 2.33. The van der Waals surface area contributed by atoms with Crippen LogP contribution in [0.2, 0.25) is 0 Å². The summed E-state index contributed by atoms with van der Waals surface area (Å²) < 4.78 is 14.0. The number of hydrogen-bond acceptors (Lipinski definition) is 3. The van der Waals surface area contributed by atoms with E-state index in [1.807, 2.05) is 6.92 Å². The van der Waals surface area contributed by atoms with Gasteiger partial charge >= 0.3 is 0 Å². The minimum Gasteiger partial charge on any atom is -0.507 e. The molecule has 1 atom stereocenters. The molecule has 0 unspecified atom stereocenters. The lowest BCUT2D eigenvalue weighted by molar-refractivity contribution is -0.133. The minimum atomic E-state index is -1.00. The molecule has 23 heavy (non-hydrogen) atoms. The Balaban J connectivity index is 2.15. The summed E-state index contributed by atoms with van der Waals surface area (Å²) in [6.07, 6.45) is 0. The van der Waals surface area contributed by atoms with Crippen LogP contribution in [0.1, 0.15) is 22.7 Å². The van der Waals surface area contributed by atoms with Crippen LogP contribution in [0.25, 0.3) is 5.76 Å². The number of aryl methyl sites for hydroxylation is 1. The van der Waals surface area contributed by atoms with E-state index in [1.165, 1.54) is 18.2 Å². The third-order valence-electron chi connectivity index (χ3n) is 3.81. The van der Waals surface area contributed by atoms with Crippen LogP contribution in [0.5, 0.6) is 0 Å². The zero-order valence-corrected chi connectivity index (χ0v) is 12.3. The van der Waals surface area contributed by atoms with E-state index in [2.05, 4.69) is 5.32 Å². The second-order valence-corrected chi connectivity index (χ2v) is 5.39. The first kappa shape index (κ1) is 15.0. The fourth-order valence-corrected chi connectivity index (χ4v) is 2.58. The Morgan fingerprint density at radius 1 is 1.09 bits per heavy atom. The topological polar surface area (TPSA) is 66.4 Å². The smallest absolute Gasteiger partial charge is 0.293 e. The molecule has 0 aliphatic carbocycles. The third-order valence-corrected chi connectivity index (χ3v) is 3.81. The van der Waals surface area contributed by atoms with Crippen molar-refractivity contribution in [3.63, 3.8) is 0 Å². The van der Waals surface area contributed by atoms with Gasteiger partial charge in [-0.25, -0.2) is 4.39 Å². The van der Waals surface area contributed by atoms with Crippen molar-refractivity contribution in [3.8, 4) is 0 Å². The van der Waals surface area contributed by atoms with Gasteiger partial charge in [-0.2, -0.15) is 0 Å². The molecule has 1 amide bonds. The molecule has 0 bridgehead atoms. The number of aliphatic hydroxyl groups excluding tert-OH is 1. The standard InChI is InChI=1S/C18H14FNO3/c1-10-6-8-11(9-7-10)16(21)14-15(20-18(23)17(14)22)12-4-2-3-5-13(12)19/h2-9,15,21H,1H3,(H,20,23)/t15-/m0/s1. The van der Waals surface area contributed by atoms with Gasteiger partial charge in [-0.3, -0.25) is 9.59 Å². The number of aliphatic hydroxyl groups is 1. The van der Waals surface area contributed by atoms with Gasteiger partial charge in [0.2, 0.25) is 0 Å². The Hall–Kier alpha value is -2.95. The summed E-state index contributed by atoms with van der Waals surface area (Å²) in [6, 6.07) is 11.7. The SMILES string of the molecule is Cc1ccc(C(O)=C2C(=O)C(=O)N[C@H]2c2ccccc2F)cc1. The lowest BCUT2D eigenvalue weighted by Gasteiger charge is -2.14. The second kappa shape index (κ2) is 5.68. The average molecular weight is 311 g/mol. The van der Waals surface area contributed by atoms with E-state index in [0.717, 1.165) is 5.56 Å². The quantitative estimate of drug-likeness (QED) is 0.509. The lowest BCUT2D eigenvalue weighted by Crippen LogP contribution is -2.21. The zero-order chi connectivity index (χ0) is 16.6. The molecule has 0 saturated carbocycles. The van der Waals surface area contributed by atoms with Crippen LogP contribution in [-0.4, -0.2) is 16.8 Å². The van der Waals surface area contributed by atoms with E-state index >= 15 is 0 Å². The first-order chi connectivity index (χ1) is 11.0. The summed E-state index contributed by atoms with van der Waals surface area (Å²) in [6.45, 7) is 1.89. The fourth-order valence-electron chi connectivity index (χ4n) is 2.58. The predicted octanol–water partition coefficient (Wildman–Crippen LogP) is 2.84. The van der Waals surface area contributed by atoms with Gasteiger partial charge in [0.15, 0.2) is 0 Å². The van der Waals surface area contributed by atoms with Crippen LogP contribution in [0.4, 0.5) is 4.39 Å². The number of amides is 1. The summed E-state index contributed by atoms with van der Waals surface area (Å²) in [4.78, 5) is 23.9. The summed E-state index contributed by atoms with van der Waals surface area (Å²) >= 11 is 0. The molecule has 1 aliphatic heterocycles. The van der Waals surface area contributed by atoms with Gasteiger partial charge < -0.3 is 10.4 Å². The molecule has 3 rings (SSSR count). The lowest BCUT2D eigenvalue weighted by atomic mass is 9.95. The maximum atomic E-state index is 14.0. The number of rotatable bonds is 2. The highest BCUT2D eigenvalue weighted by atomic mass is 19.1. The van der Waals surface area contributed by atoms with Gasteiger partial charge in [-0.15, -0.1) is 0 Å². The van der Waals surface area contributed by atoms with Crippen molar-refractivity contribution in [2.45, 2.75) is 13.0 Å².